The molecule has 6 nitrogen and oxygen atoms in total. The number of aromatic amines is 1. The van der Waals surface area contributed by atoms with Gasteiger partial charge in [-0.1, -0.05) is 17.9 Å². The molecule has 2 N–H and O–H groups in total. The van der Waals surface area contributed by atoms with Crippen molar-refractivity contribution >= 4 is 28.8 Å². The Labute approximate surface area is 168 Å². The molecule has 1 aromatic carbocycles. The van der Waals surface area contributed by atoms with Crippen molar-refractivity contribution in [3.05, 3.63) is 71.7 Å². The number of hydrogen-bond donors (Lipinski definition) is 2. The SMILES string of the molecule is COc1cccc(SNc2nccc(C#Cc3cnc4[nH]ncc4c3)c2F)c1F. The molecular weight excluding hydrogens is 396 g/mol. The molecule has 0 spiro atoms. The summed E-state index contributed by atoms with van der Waals surface area (Å²) in [6.07, 6.45) is 4.64. The largest absolute Gasteiger partial charge is 0.494 e. The second kappa shape index (κ2) is 8.16. The first-order chi connectivity index (χ1) is 14.2. The lowest BCUT2D eigenvalue weighted by atomic mass is 10.2. The lowest BCUT2D eigenvalue weighted by Gasteiger charge is -2.09. The van der Waals surface area contributed by atoms with Gasteiger partial charge >= 0.3 is 0 Å². The molecule has 0 unspecified atom stereocenters. The number of benzene rings is 1. The molecule has 4 aromatic rings. The number of rotatable bonds is 4. The van der Waals surface area contributed by atoms with Gasteiger partial charge in [-0.3, -0.25) is 5.10 Å². The van der Waals surface area contributed by atoms with Gasteiger partial charge in [-0.25, -0.2) is 18.7 Å². The van der Waals surface area contributed by atoms with Gasteiger partial charge in [0.25, 0.3) is 0 Å². The van der Waals surface area contributed by atoms with Gasteiger partial charge < -0.3 is 9.46 Å². The number of halogens is 2. The zero-order valence-electron chi connectivity index (χ0n) is 15.0. The summed E-state index contributed by atoms with van der Waals surface area (Å²) >= 11 is 0.893. The molecule has 29 heavy (non-hydrogen) atoms. The van der Waals surface area contributed by atoms with Gasteiger partial charge in [-0.2, -0.15) is 5.10 Å². The molecule has 0 aliphatic carbocycles. The van der Waals surface area contributed by atoms with E-state index in [0.717, 1.165) is 17.3 Å². The smallest absolute Gasteiger partial charge is 0.181 e. The van der Waals surface area contributed by atoms with Gasteiger partial charge in [0.05, 0.1) is 23.8 Å². The first kappa shape index (κ1) is 18.7. The Hall–Kier alpha value is -3.64. The van der Waals surface area contributed by atoms with Crippen LogP contribution in [0.15, 0.2) is 53.8 Å². The molecule has 144 valence electrons. The average molecular weight is 409 g/mol. The molecule has 0 fully saturated rings. The maximum absolute atomic E-state index is 14.7. The van der Waals surface area contributed by atoms with Crippen LogP contribution in [0.3, 0.4) is 0 Å². The first-order valence-electron chi connectivity index (χ1n) is 8.36. The van der Waals surface area contributed by atoms with Crippen molar-refractivity contribution in [1.29, 1.82) is 0 Å². The van der Waals surface area contributed by atoms with Crippen molar-refractivity contribution in [2.45, 2.75) is 4.90 Å². The summed E-state index contributed by atoms with van der Waals surface area (Å²) in [4.78, 5) is 8.40. The van der Waals surface area contributed by atoms with Crippen LogP contribution >= 0.6 is 11.9 Å². The van der Waals surface area contributed by atoms with E-state index < -0.39 is 11.6 Å². The summed E-state index contributed by atoms with van der Waals surface area (Å²) in [6, 6.07) is 7.97. The second-order valence-corrected chi connectivity index (χ2v) is 6.63. The molecule has 0 saturated carbocycles. The van der Waals surface area contributed by atoms with E-state index in [1.54, 1.807) is 30.6 Å². The number of anilines is 1. The van der Waals surface area contributed by atoms with Crippen molar-refractivity contribution in [2.75, 3.05) is 11.8 Å². The molecule has 0 amide bonds. The first-order valence-corrected chi connectivity index (χ1v) is 9.18. The molecule has 4 rings (SSSR count). The highest BCUT2D eigenvalue weighted by molar-refractivity contribution is 8.00. The molecule has 0 atom stereocenters. The lowest BCUT2D eigenvalue weighted by Crippen LogP contribution is -1.98. The van der Waals surface area contributed by atoms with Crippen molar-refractivity contribution in [3.63, 3.8) is 0 Å². The van der Waals surface area contributed by atoms with Gasteiger partial charge in [0.15, 0.2) is 28.8 Å². The molecular formula is C20H13F2N5OS. The number of pyridine rings is 2. The minimum absolute atomic E-state index is 0.0487. The van der Waals surface area contributed by atoms with Crippen LogP contribution in [0.5, 0.6) is 5.75 Å². The molecule has 0 radical (unpaired) electrons. The Morgan fingerprint density at radius 1 is 1.10 bits per heavy atom. The van der Waals surface area contributed by atoms with Crippen LogP contribution in [0.1, 0.15) is 11.1 Å². The monoisotopic (exact) mass is 409 g/mol. The van der Waals surface area contributed by atoms with E-state index in [2.05, 4.69) is 36.7 Å². The average Bonchev–Trinajstić information content (AvgIpc) is 3.21. The van der Waals surface area contributed by atoms with Gasteiger partial charge in [-0.05, 0) is 36.2 Å². The Morgan fingerprint density at radius 3 is 2.86 bits per heavy atom. The topological polar surface area (TPSA) is 75.7 Å². The molecule has 0 aliphatic rings. The lowest BCUT2D eigenvalue weighted by molar-refractivity contribution is 0.381. The predicted molar refractivity (Wildman–Crippen MR) is 106 cm³/mol. The van der Waals surface area contributed by atoms with Crippen molar-refractivity contribution in [3.8, 4) is 17.6 Å². The molecule has 0 aliphatic heterocycles. The summed E-state index contributed by atoms with van der Waals surface area (Å²) in [5.74, 6) is 4.54. The van der Waals surface area contributed by atoms with Crippen LogP contribution in [0.2, 0.25) is 0 Å². The van der Waals surface area contributed by atoms with Gasteiger partial charge in [0.1, 0.15) is 0 Å². The van der Waals surface area contributed by atoms with E-state index in [9.17, 15) is 8.78 Å². The number of nitrogens with zero attached hydrogens (tertiary/aromatic N) is 3. The number of aromatic nitrogens is 4. The van der Waals surface area contributed by atoms with Gasteiger partial charge in [-0.15, -0.1) is 0 Å². The summed E-state index contributed by atoms with van der Waals surface area (Å²) in [5.41, 5.74) is 1.43. The minimum Gasteiger partial charge on any atom is -0.494 e. The van der Waals surface area contributed by atoms with Crippen LogP contribution in [-0.4, -0.2) is 27.3 Å². The zero-order chi connectivity index (χ0) is 20.2. The van der Waals surface area contributed by atoms with Crippen LogP contribution in [0, 0.1) is 23.5 Å². The van der Waals surface area contributed by atoms with E-state index in [-0.39, 0.29) is 22.0 Å². The minimum atomic E-state index is -0.631. The van der Waals surface area contributed by atoms with E-state index in [0.29, 0.717) is 11.2 Å². The second-order valence-electron chi connectivity index (χ2n) is 5.78. The normalized spacial score (nSPS) is 10.4. The fraction of sp³-hybridized carbons (Fsp3) is 0.0500. The highest BCUT2D eigenvalue weighted by Gasteiger charge is 2.12. The van der Waals surface area contributed by atoms with E-state index in [4.69, 9.17) is 4.74 Å². The van der Waals surface area contributed by atoms with Crippen LogP contribution < -0.4 is 9.46 Å². The van der Waals surface area contributed by atoms with E-state index in [1.165, 1.54) is 25.4 Å². The zero-order valence-corrected chi connectivity index (χ0v) is 15.8. The molecule has 3 heterocycles. The standard InChI is InChI=1S/C20H13F2N5OS/c1-28-15-3-2-4-16(18(15)22)29-27-20-17(21)13(7-8-23-20)6-5-12-9-14-11-25-26-19(14)24-10-12/h2-4,7-11H,1H3,(H,23,27)(H,24,25,26). The summed E-state index contributed by atoms with van der Waals surface area (Å²) in [5, 5.41) is 7.46. The number of H-pyrrole nitrogens is 1. The fourth-order valence-corrected chi connectivity index (χ4v) is 3.17. The summed E-state index contributed by atoms with van der Waals surface area (Å²) < 4.78 is 36.6. The van der Waals surface area contributed by atoms with Crippen molar-refractivity contribution < 1.29 is 13.5 Å². The third kappa shape index (κ3) is 3.97. The Bertz CT molecular complexity index is 1250. The maximum atomic E-state index is 14.7. The fourth-order valence-electron chi connectivity index (χ4n) is 2.49. The number of ether oxygens (including phenoxy) is 1. The maximum Gasteiger partial charge on any atom is 0.181 e. The number of fused-ring (bicyclic) bond motifs is 1. The Balaban J connectivity index is 1.55. The molecule has 0 bridgehead atoms. The number of hydrogen-bond acceptors (Lipinski definition) is 6. The highest BCUT2D eigenvalue weighted by Crippen LogP contribution is 2.29. The molecule has 3 aromatic heterocycles. The van der Waals surface area contributed by atoms with Crippen LogP contribution in [0.4, 0.5) is 14.6 Å². The number of nitrogens with one attached hydrogen (secondary N) is 2. The number of methoxy groups -OCH3 is 1. The van der Waals surface area contributed by atoms with Crippen molar-refractivity contribution in [1.82, 2.24) is 20.2 Å². The quantitative estimate of drug-likeness (QED) is 0.389. The third-order valence-electron chi connectivity index (χ3n) is 3.93. The van der Waals surface area contributed by atoms with E-state index in [1.807, 2.05) is 0 Å². The van der Waals surface area contributed by atoms with Gasteiger partial charge in [0, 0.05) is 23.3 Å². The van der Waals surface area contributed by atoms with Crippen LogP contribution in [0.25, 0.3) is 11.0 Å². The predicted octanol–water partition coefficient (Wildman–Crippen LogP) is 4.16. The summed E-state index contributed by atoms with van der Waals surface area (Å²) in [7, 11) is 1.38. The van der Waals surface area contributed by atoms with E-state index >= 15 is 0 Å². The molecule has 0 saturated heterocycles. The Kier molecular flexibility index (Phi) is 5.27. The molecule has 9 heteroatoms. The highest BCUT2D eigenvalue weighted by atomic mass is 32.2. The Morgan fingerprint density at radius 2 is 2.00 bits per heavy atom. The van der Waals surface area contributed by atoms with Gasteiger partial charge in [0.2, 0.25) is 0 Å². The third-order valence-corrected chi connectivity index (χ3v) is 4.76. The summed E-state index contributed by atoms with van der Waals surface area (Å²) in [6.45, 7) is 0. The van der Waals surface area contributed by atoms with Crippen LogP contribution in [-0.2, 0) is 0 Å². The van der Waals surface area contributed by atoms with Crippen molar-refractivity contribution in [2.24, 2.45) is 0 Å².